The summed E-state index contributed by atoms with van der Waals surface area (Å²) in [5, 5.41) is 9.12. The standard InChI is InChI=1S/C15H28N2O2/c1-2-3-4-5-6-7-8-9-10-11-12-17-13-14(18)16-15(17)19/h13,18H,2-12H2,1H3,(H,16,19). The Bertz CT molecular complexity index is 382. The topological polar surface area (TPSA) is 58.0 Å². The molecule has 19 heavy (non-hydrogen) atoms. The molecule has 2 N–H and O–H groups in total. The summed E-state index contributed by atoms with van der Waals surface area (Å²) in [5.41, 5.74) is -0.214. The number of hydrogen-bond donors (Lipinski definition) is 2. The lowest BCUT2D eigenvalue weighted by atomic mass is 10.1. The Morgan fingerprint density at radius 3 is 2.00 bits per heavy atom. The van der Waals surface area contributed by atoms with Gasteiger partial charge in [-0.25, -0.2) is 4.79 Å². The van der Waals surface area contributed by atoms with E-state index in [2.05, 4.69) is 11.9 Å². The monoisotopic (exact) mass is 268 g/mol. The predicted octanol–water partition coefficient (Wildman–Crippen LogP) is 3.80. The van der Waals surface area contributed by atoms with Crippen LogP contribution in [0.2, 0.25) is 0 Å². The molecule has 0 bridgehead atoms. The molecular formula is C15H28N2O2. The summed E-state index contributed by atoms with van der Waals surface area (Å²) >= 11 is 0. The van der Waals surface area contributed by atoms with E-state index < -0.39 is 0 Å². The van der Waals surface area contributed by atoms with Crippen molar-refractivity contribution in [3.8, 4) is 5.88 Å². The summed E-state index contributed by atoms with van der Waals surface area (Å²) in [7, 11) is 0. The molecule has 0 saturated carbocycles. The molecule has 0 aliphatic heterocycles. The van der Waals surface area contributed by atoms with E-state index in [4.69, 9.17) is 5.11 Å². The maximum absolute atomic E-state index is 11.3. The van der Waals surface area contributed by atoms with Gasteiger partial charge in [0.25, 0.3) is 0 Å². The van der Waals surface area contributed by atoms with E-state index >= 15 is 0 Å². The van der Waals surface area contributed by atoms with Crippen molar-refractivity contribution in [3.63, 3.8) is 0 Å². The molecule has 1 aromatic heterocycles. The largest absolute Gasteiger partial charge is 0.493 e. The van der Waals surface area contributed by atoms with Crippen molar-refractivity contribution in [3.05, 3.63) is 16.7 Å². The van der Waals surface area contributed by atoms with E-state index in [1.807, 2.05) is 0 Å². The number of nitrogens with one attached hydrogen (secondary N) is 1. The van der Waals surface area contributed by atoms with Crippen LogP contribution in [0.25, 0.3) is 0 Å². The van der Waals surface area contributed by atoms with Gasteiger partial charge in [0.2, 0.25) is 5.88 Å². The average molecular weight is 268 g/mol. The molecule has 4 nitrogen and oxygen atoms in total. The summed E-state index contributed by atoms with van der Waals surface area (Å²) < 4.78 is 1.54. The highest BCUT2D eigenvalue weighted by Crippen LogP contribution is 2.11. The van der Waals surface area contributed by atoms with E-state index in [0.29, 0.717) is 6.54 Å². The maximum Gasteiger partial charge on any atom is 0.328 e. The summed E-state index contributed by atoms with van der Waals surface area (Å²) in [6.07, 6.45) is 14.4. The molecule has 0 aromatic carbocycles. The minimum Gasteiger partial charge on any atom is -0.493 e. The van der Waals surface area contributed by atoms with Gasteiger partial charge < -0.3 is 5.11 Å². The van der Waals surface area contributed by atoms with Crippen LogP contribution >= 0.6 is 0 Å². The summed E-state index contributed by atoms with van der Waals surface area (Å²) in [5.74, 6) is -0.0444. The van der Waals surface area contributed by atoms with Crippen molar-refractivity contribution in [1.82, 2.24) is 9.55 Å². The SMILES string of the molecule is CCCCCCCCCCCCn1cc(O)[nH]c1=O. The number of unbranched alkanes of at least 4 members (excludes halogenated alkanes) is 9. The van der Waals surface area contributed by atoms with Crippen LogP contribution in [0.15, 0.2) is 11.0 Å². The van der Waals surface area contributed by atoms with Gasteiger partial charge in [0.05, 0.1) is 6.20 Å². The van der Waals surface area contributed by atoms with Gasteiger partial charge >= 0.3 is 5.69 Å². The van der Waals surface area contributed by atoms with E-state index in [-0.39, 0.29) is 11.6 Å². The molecule has 0 spiro atoms. The first-order valence-corrected chi connectivity index (χ1v) is 7.72. The average Bonchev–Trinajstić information content (AvgIpc) is 2.70. The molecule has 0 aliphatic carbocycles. The Kier molecular flexibility index (Phi) is 8.10. The molecule has 0 radical (unpaired) electrons. The van der Waals surface area contributed by atoms with Gasteiger partial charge in [0.15, 0.2) is 0 Å². The quantitative estimate of drug-likeness (QED) is 0.600. The van der Waals surface area contributed by atoms with Gasteiger partial charge in [-0.1, -0.05) is 64.7 Å². The minimum atomic E-state index is -0.214. The van der Waals surface area contributed by atoms with Crippen LogP contribution in [-0.2, 0) is 6.54 Å². The van der Waals surface area contributed by atoms with Gasteiger partial charge in [-0.15, -0.1) is 0 Å². The van der Waals surface area contributed by atoms with E-state index in [0.717, 1.165) is 12.8 Å². The van der Waals surface area contributed by atoms with E-state index in [9.17, 15) is 4.79 Å². The third-order valence-electron chi connectivity index (χ3n) is 3.53. The lowest BCUT2D eigenvalue weighted by molar-refractivity contribution is 0.454. The Morgan fingerprint density at radius 2 is 1.53 bits per heavy atom. The van der Waals surface area contributed by atoms with Crippen LogP contribution in [0.1, 0.15) is 71.1 Å². The number of aryl methyl sites for hydroxylation is 1. The van der Waals surface area contributed by atoms with Crippen molar-refractivity contribution < 1.29 is 5.11 Å². The molecule has 0 amide bonds. The number of aromatic nitrogens is 2. The zero-order valence-electron chi connectivity index (χ0n) is 12.2. The Labute approximate surface area is 115 Å². The van der Waals surface area contributed by atoms with Crippen molar-refractivity contribution in [2.45, 2.75) is 77.7 Å². The molecular weight excluding hydrogens is 240 g/mol. The fourth-order valence-corrected chi connectivity index (χ4v) is 2.36. The zero-order chi connectivity index (χ0) is 13.9. The van der Waals surface area contributed by atoms with Crippen molar-refractivity contribution in [2.24, 2.45) is 0 Å². The number of rotatable bonds is 11. The summed E-state index contributed by atoms with van der Waals surface area (Å²) in [6, 6.07) is 0. The maximum atomic E-state index is 11.3. The van der Waals surface area contributed by atoms with Crippen molar-refractivity contribution >= 4 is 0 Å². The van der Waals surface area contributed by atoms with Crippen LogP contribution in [0.4, 0.5) is 0 Å². The first-order chi connectivity index (χ1) is 9.24. The Balaban J connectivity index is 1.91. The molecule has 4 heteroatoms. The predicted molar refractivity (Wildman–Crippen MR) is 78.6 cm³/mol. The molecule has 0 saturated heterocycles. The molecule has 0 atom stereocenters. The van der Waals surface area contributed by atoms with Crippen molar-refractivity contribution in [1.29, 1.82) is 0 Å². The van der Waals surface area contributed by atoms with Gasteiger partial charge in [-0.3, -0.25) is 9.55 Å². The van der Waals surface area contributed by atoms with Gasteiger partial charge in [0.1, 0.15) is 0 Å². The van der Waals surface area contributed by atoms with Gasteiger partial charge in [-0.2, -0.15) is 0 Å². The number of imidazole rings is 1. The Hall–Kier alpha value is -1.19. The lowest BCUT2D eigenvalue weighted by Crippen LogP contribution is -2.15. The molecule has 1 rings (SSSR count). The first-order valence-electron chi connectivity index (χ1n) is 7.72. The molecule has 0 unspecified atom stereocenters. The zero-order valence-corrected chi connectivity index (χ0v) is 12.2. The highest BCUT2D eigenvalue weighted by atomic mass is 16.3. The highest BCUT2D eigenvalue weighted by Gasteiger charge is 2.00. The van der Waals surface area contributed by atoms with Crippen LogP contribution in [0.3, 0.4) is 0 Å². The normalized spacial score (nSPS) is 11.0. The third-order valence-corrected chi connectivity index (χ3v) is 3.53. The highest BCUT2D eigenvalue weighted by molar-refractivity contribution is 5.00. The number of hydrogen-bond acceptors (Lipinski definition) is 2. The summed E-state index contributed by atoms with van der Waals surface area (Å²) in [6.45, 7) is 2.95. The van der Waals surface area contributed by atoms with Gasteiger partial charge in [-0.05, 0) is 6.42 Å². The van der Waals surface area contributed by atoms with Crippen LogP contribution in [0.5, 0.6) is 5.88 Å². The molecule has 110 valence electrons. The fourth-order valence-electron chi connectivity index (χ4n) is 2.36. The fraction of sp³-hybridized carbons (Fsp3) is 0.800. The van der Waals surface area contributed by atoms with Crippen LogP contribution in [0, 0.1) is 0 Å². The van der Waals surface area contributed by atoms with Crippen molar-refractivity contribution in [2.75, 3.05) is 0 Å². The van der Waals surface area contributed by atoms with Crippen LogP contribution < -0.4 is 5.69 Å². The molecule has 0 fully saturated rings. The number of aromatic hydroxyl groups is 1. The number of aromatic amines is 1. The van der Waals surface area contributed by atoms with E-state index in [1.165, 1.54) is 57.6 Å². The second-order valence-electron chi connectivity index (χ2n) is 5.32. The van der Waals surface area contributed by atoms with Gasteiger partial charge in [0, 0.05) is 6.54 Å². The van der Waals surface area contributed by atoms with Crippen LogP contribution in [-0.4, -0.2) is 14.7 Å². The third kappa shape index (κ3) is 7.09. The molecule has 1 heterocycles. The second kappa shape index (κ2) is 9.70. The smallest absolute Gasteiger partial charge is 0.328 e. The number of nitrogens with zero attached hydrogens (tertiary/aromatic N) is 1. The minimum absolute atomic E-state index is 0.0444. The van der Waals surface area contributed by atoms with E-state index in [1.54, 1.807) is 4.57 Å². The second-order valence-corrected chi connectivity index (χ2v) is 5.32. The number of H-pyrrole nitrogens is 1. The molecule has 1 aromatic rings. The molecule has 0 aliphatic rings. The first kappa shape index (κ1) is 15.9. The summed E-state index contributed by atoms with van der Waals surface area (Å²) in [4.78, 5) is 13.6. The Morgan fingerprint density at radius 1 is 1.00 bits per heavy atom. The lowest BCUT2D eigenvalue weighted by Gasteiger charge is -2.02.